The number of primary amides is 1. The van der Waals surface area contributed by atoms with Gasteiger partial charge in [-0.25, -0.2) is 0 Å². The molecule has 0 spiro atoms. The topological polar surface area (TPSA) is 61.6 Å². The van der Waals surface area contributed by atoms with Crippen molar-refractivity contribution in [3.63, 3.8) is 0 Å². The highest BCUT2D eigenvalue weighted by molar-refractivity contribution is 5.84. The summed E-state index contributed by atoms with van der Waals surface area (Å²) in [5.41, 5.74) is 4.86. The summed E-state index contributed by atoms with van der Waals surface area (Å²) in [6.45, 7) is 9.46. The molecule has 3 N–H and O–H groups in total. The van der Waals surface area contributed by atoms with E-state index in [0.717, 1.165) is 32.7 Å². The number of likely N-dealkylation sites (N-methyl/N-ethyl adjacent to an activating group) is 2. The molecule has 0 aromatic heterocycles. The lowest BCUT2D eigenvalue weighted by atomic mass is 10.0. The van der Waals surface area contributed by atoms with Crippen LogP contribution in [0.2, 0.25) is 0 Å². The van der Waals surface area contributed by atoms with Gasteiger partial charge in [-0.2, -0.15) is 0 Å². The van der Waals surface area contributed by atoms with E-state index in [4.69, 9.17) is 5.73 Å². The van der Waals surface area contributed by atoms with Crippen molar-refractivity contribution in [2.45, 2.75) is 19.4 Å². The molecule has 94 valence electrons. The highest BCUT2D eigenvalue weighted by Gasteiger charge is 2.32. The number of hydrogen-bond acceptors (Lipinski definition) is 4. The average molecular weight is 228 g/mol. The highest BCUT2D eigenvalue weighted by atomic mass is 16.1. The number of piperazine rings is 1. The van der Waals surface area contributed by atoms with Crippen LogP contribution in [-0.2, 0) is 4.79 Å². The van der Waals surface area contributed by atoms with Crippen molar-refractivity contribution in [2.75, 3.05) is 46.3 Å². The normalized spacial score (nSPS) is 22.9. The standard InChI is InChI=1S/C11H24N4O/c1-4-13-11(2,10(12)16)9-15-7-5-14(3)6-8-15/h13H,4-9H2,1-3H3,(H2,12,16). The average Bonchev–Trinajstić information content (AvgIpc) is 2.22. The smallest absolute Gasteiger partial charge is 0.238 e. The molecule has 0 aromatic carbocycles. The van der Waals surface area contributed by atoms with E-state index in [-0.39, 0.29) is 5.91 Å². The van der Waals surface area contributed by atoms with Crippen LogP contribution in [-0.4, -0.2) is 67.6 Å². The van der Waals surface area contributed by atoms with Crippen LogP contribution in [0.15, 0.2) is 0 Å². The van der Waals surface area contributed by atoms with E-state index < -0.39 is 5.54 Å². The zero-order valence-electron chi connectivity index (χ0n) is 10.6. The van der Waals surface area contributed by atoms with Gasteiger partial charge in [-0.1, -0.05) is 6.92 Å². The van der Waals surface area contributed by atoms with Crippen LogP contribution in [0.4, 0.5) is 0 Å². The molecule has 1 aliphatic rings. The number of rotatable bonds is 5. The third-order valence-electron chi connectivity index (χ3n) is 3.25. The molecular formula is C11H24N4O. The van der Waals surface area contributed by atoms with Gasteiger partial charge in [0, 0.05) is 32.7 Å². The minimum absolute atomic E-state index is 0.270. The maximum atomic E-state index is 11.5. The number of carbonyl (C=O) groups excluding carboxylic acids is 1. The van der Waals surface area contributed by atoms with Gasteiger partial charge in [0.15, 0.2) is 0 Å². The molecule has 5 nitrogen and oxygen atoms in total. The Labute approximate surface area is 98.0 Å². The van der Waals surface area contributed by atoms with Crippen LogP contribution in [0.25, 0.3) is 0 Å². The molecular weight excluding hydrogens is 204 g/mol. The Morgan fingerprint density at radius 3 is 2.38 bits per heavy atom. The van der Waals surface area contributed by atoms with Gasteiger partial charge in [0.2, 0.25) is 5.91 Å². The molecule has 1 unspecified atom stereocenters. The lowest BCUT2D eigenvalue weighted by molar-refractivity contribution is -0.124. The second-order valence-corrected chi connectivity index (χ2v) is 4.81. The number of nitrogens with zero attached hydrogens (tertiary/aromatic N) is 2. The van der Waals surface area contributed by atoms with E-state index in [1.54, 1.807) is 0 Å². The predicted octanol–water partition coefficient (Wildman–Crippen LogP) is -0.913. The van der Waals surface area contributed by atoms with Crippen molar-refractivity contribution in [2.24, 2.45) is 5.73 Å². The zero-order chi connectivity index (χ0) is 12.2. The van der Waals surface area contributed by atoms with Gasteiger partial charge in [0.05, 0.1) is 0 Å². The summed E-state index contributed by atoms with van der Waals surface area (Å²) in [6.07, 6.45) is 0. The Bertz CT molecular complexity index is 238. The van der Waals surface area contributed by atoms with E-state index in [0.29, 0.717) is 6.54 Å². The monoisotopic (exact) mass is 228 g/mol. The fourth-order valence-electron chi connectivity index (χ4n) is 2.06. The van der Waals surface area contributed by atoms with Crippen LogP contribution in [0.3, 0.4) is 0 Å². The largest absolute Gasteiger partial charge is 0.368 e. The van der Waals surface area contributed by atoms with Crippen LogP contribution >= 0.6 is 0 Å². The molecule has 0 aromatic rings. The molecule has 0 radical (unpaired) electrons. The SMILES string of the molecule is CCNC(C)(CN1CCN(C)CC1)C(N)=O. The Morgan fingerprint density at radius 1 is 1.38 bits per heavy atom. The van der Waals surface area contributed by atoms with Crippen molar-refractivity contribution >= 4 is 5.91 Å². The summed E-state index contributed by atoms with van der Waals surface area (Å²) in [6, 6.07) is 0. The van der Waals surface area contributed by atoms with Crippen LogP contribution in [0.1, 0.15) is 13.8 Å². The van der Waals surface area contributed by atoms with E-state index in [1.165, 1.54) is 0 Å². The zero-order valence-corrected chi connectivity index (χ0v) is 10.6. The third-order valence-corrected chi connectivity index (χ3v) is 3.25. The van der Waals surface area contributed by atoms with E-state index in [9.17, 15) is 4.79 Å². The quantitative estimate of drug-likeness (QED) is 0.639. The van der Waals surface area contributed by atoms with Gasteiger partial charge in [0.25, 0.3) is 0 Å². The van der Waals surface area contributed by atoms with E-state index >= 15 is 0 Å². The van der Waals surface area contributed by atoms with Crippen molar-refractivity contribution < 1.29 is 4.79 Å². The van der Waals surface area contributed by atoms with Crippen molar-refractivity contribution in [1.29, 1.82) is 0 Å². The van der Waals surface area contributed by atoms with Crippen molar-refractivity contribution in [1.82, 2.24) is 15.1 Å². The minimum atomic E-state index is -0.606. The first-order valence-corrected chi connectivity index (χ1v) is 5.94. The maximum absolute atomic E-state index is 11.5. The summed E-state index contributed by atoms with van der Waals surface area (Å²) in [5.74, 6) is -0.270. The number of nitrogens with one attached hydrogen (secondary N) is 1. The second kappa shape index (κ2) is 5.61. The van der Waals surface area contributed by atoms with Gasteiger partial charge < -0.3 is 16.0 Å². The number of hydrogen-bond donors (Lipinski definition) is 2. The second-order valence-electron chi connectivity index (χ2n) is 4.81. The maximum Gasteiger partial charge on any atom is 0.238 e. The van der Waals surface area contributed by atoms with Crippen molar-refractivity contribution in [3.05, 3.63) is 0 Å². The predicted molar refractivity (Wildman–Crippen MR) is 65.2 cm³/mol. The molecule has 1 atom stereocenters. The Kier molecular flexibility index (Phi) is 4.70. The molecule has 0 bridgehead atoms. The number of carbonyl (C=O) groups is 1. The van der Waals surface area contributed by atoms with E-state index in [2.05, 4.69) is 22.2 Å². The molecule has 0 saturated carbocycles. The number of amides is 1. The molecule has 1 saturated heterocycles. The van der Waals surface area contributed by atoms with Gasteiger partial charge >= 0.3 is 0 Å². The highest BCUT2D eigenvalue weighted by Crippen LogP contribution is 2.08. The first-order valence-electron chi connectivity index (χ1n) is 5.94. The molecule has 1 heterocycles. The summed E-state index contributed by atoms with van der Waals surface area (Å²) in [7, 11) is 2.12. The number of nitrogens with two attached hydrogens (primary N) is 1. The molecule has 0 aliphatic carbocycles. The first kappa shape index (κ1) is 13.4. The lowest BCUT2D eigenvalue weighted by Gasteiger charge is -2.38. The molecule has 1 rings (SSSR count). The molecule has 1 amide bonds. The Balaban J connectivity index is 2.52. The molecule has 5 heteroatoms. The fraction of sp³-hybridized carbons (Fsp3) is 0.909. The Hall–Kier alpha value is -0.650. The van der Waals surface area contributed by atoms with Gasteiger partial charge in [-0.3, -0.25) is 9.69 Å². The van der Waals surface area contributed by atoms with Gasteiger partial charge in [0.1, 0.15) is 5.54 Å². The minimum Gasteiger partial charge on any atom is -0.368 e. The fourth-order valence-corrected chi connectivity index (χ4v) is 2.06. The molecule has 16 heavy (non-hydrogen) atoms. The van der Waals surface area contributed by atoms with Crippen LogP contribution in [0, 0.1) is 0 Å². The van der Waals surface area contributed by atoms with Gasteiger partial charge in [-0.05, 0) is 20.5 Å². The molecule has 1 aliphatic heterocycles. The van der Waals surface area contributed by atoms with E-state index in [1.807, 2.05) is 13.8 Å². The van der Waals surface area contributed by atoms with Crippen molar-refractivity contribution in [3.8, 4) is 0 Å². The van der Waals surface area contributed by atoms with Crippen LogP contribution < -0.4 is 11.1 Å². The molecule has 1 fully saturated rings. The summed E-state index contributed by atoms with van der Waals surface area (Å²) >= 11 is 0. The van der Waals surface area contributed by atoms with Crippen LogP contribution in [0.5, 0.6) is 0 Å². The first-order chi connectivity index (χ1) is 7.48. The lowest BCUT2D eigenvalue weighted by Crippen LogP contribution is -2.61. The summed E-state index contributed by atoms with van der Waals surface area (Å²) in [4.78, 5) is 16.1. The van der Waals surface area contributed by atoms with Gasteiger partial charge in [-0.15, -0.1) is 0 Å². The summed E-state index contributed by atoms with van der Waals surface area (Å²) < 4.78 is 0. The summed E-state index contributed by atoms with van der Waals surface area (Å²) in [5, 5.41) is 3.19. The Morgan fingerprint density at radius 2 is 1.94 bits per heavy atom. The third kappa shape index (κ3) is 3.43.